The van der Waals surface area contributed by atoms with Gasteiger partial charge in [0.1, 0.15) is 5.69 Å². The minimum absolute atomic E-state index is 0.0309. The van der Waals surface area contributed by atoms with Crippen molar-refractivity contribution in [2.75, 3.05) is 5.43 Å². The number of anilines is 1. The van der Waals surface area contributed by atoms with Gasteiger partial charge in [0.2, 0.25) is 0 Å². The third-order valence-corrected chi connectivity index (χ3v) is 3.79. The Morgan fingerprint density at radius 1 is 1.35 bits per heavy atom. The molecule has 7 heteroatoms. The predicted molar refractivity (Wildman–Crippen MR) is 79.2 cm³/mol. The molecule has 2 aromatic rings. The molecule has 0 fully saturated rings. The van der Waals surface area contributed by atoms with E-state index in [1.54, 1.807) is 11.3 Å². The number of rotatable bonds is 5. The molecule has 0 aliphatic carbocycles. The Kier molecular flexibility index (Phi) is 4.65. The summed E-state index contributed by atoms with van der Waals surface area (Å²) in [5.41, 5.74) is 2.64. The first-order valence-electron chi connectivity index (χ1n) is 6.24. The minimum atomic E-state index is -0.242. The Hall–Kier alpha value is -1.99. The van der Waals surface area contributed by atoms with Crippen LogP contribution in [0.25, 0.3) is 0 Å². The van der Waals surface area contributed by atoms with E-state index in [9.17, 15) is 4.79 Å². The van der Waals surface area contributed by atoms with E-state index in [4.69, 9.17) is 5.84 Å². The summed E-state index contributed by atoms with van der Waals surface area (Å²) in [6, 6.07) is 3.96. The third kappa shape index (κ3) is 3.31. The molecule has 2 heterocycles. The maximum Gasteiger partial charge on any atom is 0.272 e. The van der Waals surface area contributed by atoms with Gasteiger partial charge in [-0.1, -0.05) is 19.9 Å². The van der Waals surface area contributed by atoms with Crippen molar-refractivity contribution in [3.8, 4) is 0 Å². The van der Waals surface area contributed by atoms with Crippen molar-refractivity contribution in [1.29, 1.82) is 0 Å². The second-order valence-corrected chi connectivity index (χ2v) is 5.62. The van der Waals surface area contributed by atoms with Crippen molar-refractivity contribution in [1.82, 2.24) is 15.3 Å². The highest BCUT2D eigenvalue weighted by Gasteiger charge is 2.20. The third-order valence-electron chi connectivity index (χ3n) is 2.84. The molecule has 0 saturated heterocycles. The van der Waals surface area contributed by atoms with Crippen LogP contribution >= 0.6 is 11.3 Å². The Bertz CT molecular complexity index is 553. The lowest BCUT2D eigenvalue weighted by molar-refractivity contribution is 0.0921. The molecule has 1 unspecified atom stereocenters. The zero-order valence-corrected chi connectivity index (χ0v) is 12.1. The van der Waals surface area contributed by atoms with Crippen LogP contribution in [0.1, 0.15) is 35.3 Å². The molecule has 6 nitrogen and oxygen atoms in total. The van der Waals surface area contributed by atoms with Crippen molar-refractivity contribution in [3.63, 3.8) is 0 Å². The number of hydrogen-bond donors (Lipinski definition) is 3. The van der Waals surface area contributed by atoms with Crippen molar-refractivity contribution in [3.05, 3.63) is 40.5 Å². The molecule has 0 aliphatic heterocycles. The summed E-state index contributed by atoms with van der Waals surface area (Å²) >= 11 is 1.63. The van der Waals surface area contributed by atoms with E-state index >= 15 is 0 Å². The van der Waals surface area contributed by atoms with Crippen LogP contribution in [0, 0.1) is 5.92 Å². The van der Waals surface area contributed by atoms with Crippen molar-refractivity contribution < 1.29 is 4.79 Å². The van der Waals surface area contributed by atoms with Gasteiger partial charge in [-0.3, -0.25) is 4.79 Å². The van der Waals surface area contributed by atoms with Gasteiger partial charge < -0.3 is 10.7 Å². The van der Waals surface area contributed by atoms with Gasteiger partial charge in [-0.2, -0.15) is 0 Å². The topological polar surface area (TPSA) is 92.9 Å². The molecule has 0 aromatic carbocycles. The SMILES string of the molecule is CC(C)C(NC(=O)c1cnc(NN)cn1)c1cccs1. The normalized spacial score (nSPS) is 12.2. The van der Waals surface area contributed by atoms with Crippen molar-refractivity contribution in [2.24, 2.45) is 11.8 Å². The Morgan fingerprint density at radius 2 is 2.15 bits per heavy atom. The van der Waals surface area contributed by atoms with Crippen LogP contribution in [-0.2, 0) is 0 Å². The molecule has 0 spiro atoms. The van der Waals surface area contributed by atoms with Gasteiger partial charge in [0.05, 0.1) is 18.4 Å². The lowest BCUT2D eigenvalue weighted by Gasteiger charge is -2.20. The van der Waals surface area contributed by atoms with E-state index in [0.717, 1.165) is 4.88 Å². The smallest absolute Gasteiger partial charge is 0.272 e. The summed E-state index contributed by atoms with van der Waals surface area (Å²) in [5, 5.41) is 4.99. The summed E-state index contributed by atoms with van der Waals surface area (Å²) in [5.74, 6) is 5.67. The minimum Gasteiger partial charge on any atom is -0.343 e. The van der Waals surface area contributed by atoms with Gasteiger partial charge in [0.15, 0.2) is 5.82 Å². The number of carbonyl (C=O) groups is 1. The highest BCUT2D eigenvalue weighted by Crippen LogP contribution is 2.25. The molecule has 0 aliphatic rings. The fraction of sp³-hybridized carbons (Fsp3) is 0.308. The van der Waals surface area contributed by atoms with Gasteiger partial charge in [0, 0.05) is 4.88 Å². The van der Waals surface area contributed by atoms with E-state index < -0.39 is 0 Å². The van der Waals surface area contributed by atoms with Gasteiger partial charge in [-0.05, 0) is 17.4 Å². The van der Waals surface area contributed by atoms with E-state index in [0.29, 0.717) is 5.82 Å². The first kappa shape index (κ1) is 14.4. The molecule has 0 saturated carbocycles. The first-order valence-corrected chi connectivity index (χ1v) is 7.12. The number of hydrazine groups is 1. The highest BCUT2D eigenvalue weighted by atomic mass is 32.1. The molecular formula is C13H17N5OS. The second-order valence-electron chi connectivity index (χ2n) is 4.64. The van der Waals surface area contributed by atoms with E-state index in [2.05, 4.69) is 34.6 Å². The van der Waals surface area contributed by atoms with Crippen molar-refractivity contribution in [2.45, 2.75) is 19.9 Å². The number of carbonyl (C=O) groups excluding carboxylic acids is 1. The molecule has 1 atom stereocenters. The summed E-state index contributed by atoms with van der Waals surface area (Å²) in [6.07, 6.45) is 2.82. The molecule has 4 N–H and O–H groups in total. The van der Waals surface area contributed by atoms with Crippen LogP contribution in [0.3, 0.4) is 0 Å². The summed E-state index contributed by atoms with van der Waals surface area (Å²) in [4.78, 5) is 21.3. The summed E-state index contributed by atoms with van der Waals surface area (Å²) < 4.78 is 0. The number of thiophene rings is 1. The van der Waals surface area contributed by atoms with Crippen LogP contribution in [0.4, 0.5) is 5.82 Å². The molecule has 0 radical (unpaired) electrons. The van der Waals surface area contributed by atoms with E-state index in [1.165, 1.54) is 12.4 Å². The Labute approximate surface area is 121 Å². The number of nitrogens with one attached hydrogen (secondary N) is 2. The lowest BCUT2D eigenvalue weighted by Crippen LogP contribution is -2.31. The van der Waals surface area contributed by atoms with Crippen LogP contribution in [-0.4, -0.2) is 15.9 Å². The summed E-state index contributed by atoms with van der Waals surface area (Å²) in [7, 11) is 0. The van der Waals surface area contributed by atoms with Gasteiger partial charge in [0.25, 0.3) is 5.91 Å². The number of hydrogen-bond acceptors (Lipinski definition) is 6. The molecule has 20 heavy (non-hydrogen) atoms. The standard InChI is InChI=1S/C13H17N5OS/c1-8(2)12(10-4-3-5-20-10)17-13(19)9-6-16-11(18-14)7-15-9/h3-8,12H,14H2,1-2H3,(H,16,18)(H,17,19). The average molecular weight is 291 g/mol. The fourth-order valence-corrected chi connectivity index (χ4v) is 2.72. The highest BCUT2D eigenvalue weighted by molar-refractivity contribution is 7.10. The predicted octanol–water partition coefficient (Wildman–Crippen LogP) is 1.95. The monoisotopic (exact) mass is 291 g/mol. The molecule has 106 valence electrons. The number of amides is 1. The van der Waals surface area contributed by atoms with Crippen molar-refractivity contribution >= 4 is 23.1 Å². The lowest BCUT2D eigenvalue weighted by atomic mass is 10.0. The second kappa shape index (κ2) is 6.44. The Morgan fingerprint density at radius 3 is 2.65 bits per heavy atom. The molecule has 0 bridgehead atoms. The largest absolute Gasteiger partial charge is 0.343 e. The number of nitrogens with zero attached hydrogens (tertiary/aromatic N) is 2. The molecular weight excluding hydrogens is 274 g/mol. The molecule has 1 amide bonds. The number of nitrogen functional groups attached to an aromatic ring is 1. The van der Waals surface area contributed by atoms with Gasteiger partial charge in [-0.15, -0.1) is 11.3 Å². The number of nitrogens with two attached hydrogens (primary N) is 1. The number of aromatic nitrogens is 2. The average Bonchev–Trinajstić information content (AvgIpc) is 2.98. The maximum absolute atomic E-state index is 12.2. The van der Waals surface area contributed by atoms with E-state index in [-0.39, 0.29) is 23.6 Å². The van der Waals surface area contributed by atoms with Crippen LogP contribution in [0.5, 0.6) is 0 Å². The van der Waals surface area contributed by atoms with Gasteiger partial charge >= 0.3 is 0 Å². The van der Waals surface area contributed by atoms with Gasteiger partial charge in [-0.25, -0.2) is 15.8 Å². The van der Waals surface area contributed by atoms with Crippen LogP contribution in [0.15, 0.2) is 29.9 Å². The maximum atomic E-state index is 12.2. The van der Waals surface area contributed by atoms with Crippen LogP contribution < -0.4 is 16.6 Å². The molecule has 2 rings (SSSR count). The zero-order chi connectivity index (χ0) is 14.5. The Balaban J connectivity index is 2.12. The van der Waals surface area contributed by atoms with Crippen LogP contribution in [0.2, 0.25) is 0 Å². The quantitative estimate of drug-likeness (QED) is 0.578. The fourth-order valence-electron chi connectivity index (χ4n) is 1.77. The zero-order valence-electron chi connectivity index (χ0n) is 11.3. The van der Waals surface area contributed by atoms with E-state index in [1.807, 2.05) is 17.5 Å². The molecule has 2 aromatic heterocycles. The first-order chi connectivity index (χ1) is 9.61. The summed E-state index contributed by atoms with van der Waals surface area (Å²) in [6.45, 7) is 4.13.